The molecule has 10 heteroatoms. The first-order valence-corrected chi connectivity index (χ1v) is 10.7. The fourth-order valence-electron chi connectivity index (χ4n) is 3.18. The molecule has 1 fully saturated rings. The van der Waals surface area contributed by atoms with E-state index in [0.717, 1.165) is 40.3 Å². The number of benzene rings is 2. The molecular formula is C21H23N5O4S. The molecule has 1 aromatic heterocycles. The number of ether oxygens (including phenoxy) is 2. The van der Waals surface area contributed by atoms with Crippen molar-refractivity contribution in [2.24, 2.45) is 0 Å². The Kier molecular flexibility index (Phi) is 6.48. The van der Waals surface area contributed by atoms with Crippen LogP contribution in [0.4, 0.5) is 9.93 Å². The molecule has 0 bridgehead atoms. The summed E-state index contributed by atoms with van der Waals surface area (Å²) >= 11 is 1.39. The number of rotatable bonds is 5. The normalized spacial score (nSPS) is 13.6. The molecule has 0 saturated carbocycles. The number of hydrogen-bond donors (Lipinski definition) is 3. The zero-order chi connectivity index (χ0) is 21.6. The highest BCUT2D eigenvalue weighted by Crippen LogP contribution is 2.22. The number of thiazole rings is 1. The van der Waals surface area contributed by atoms with E-state index in [-0.39, 0.29) is 5.69 Å². The summed E-state index contributed by atoms with van der Waals surface area (Å²) in [6.07, 6.45) is 0. The second kappa shape index (κ2) is 9.63. The minimum Gasteiger partial charge on any atom is -0.497 e. The SMILES string of the molecule is COc1ccc2cc(CNC(=O)NNC(=O)c3csc(N4CCOCC4)n3)ccc2c1. The van der Waals surface area contributed by atoms with Crippen molar-refractivity contribution in [3.05, 3.63) is 53.0 Å². The van der Waals surface area contributed by atoms with E-state index in [4.69, 9.17) is 9.47 Å². The number of urea groups is 1. The third-order valence-electron chi connectivity index (χ3n) is 4.86. The summed E-state index contributed by atoms with van der Waals surface area (Å²) in [5.74, 6) is 0.330. The summed E-state index contributed by atoms with van der Waals surface area (Å²) in [6, 6.07) is 11.2. The maximum Gasteiger partial charge on any atom is 0.333 e. The quantitative estimate of drug-likeness (QED) is 0.525. The molecule has 3 aromatic rings. The molecule has 4 rings (SSSR count). The summed E-state index contributed by atoms with van der Waals surface area (Å²) in [7, 11) is 1.63. The van der Waals surface area contributed by atoms with Crippen LogP contribution in [0.15, 0.2) is 41.8 Å². The smallest absolute Gasteiger partial charge is 0.333 e. The van der Waals surface area contributed by atoms with Crippen molar-refractivity contribution in [3.63, 3.8) is 0 Å². The number of amides is 3. The van der Waals surface area contributed by atoms with Crippen LogP contribution in [0.25, 0.3) is 10.8 Å². The predicted molar refractivity (Wildman–Crippen MR) is 118 cm³/mol. The fourth-order valence-corrected chi connectivity index (χ4v) is 4.04. The van der Waals surface area contributed by atoms with Crippen LogP contribution in [-0.4, -0.2) is 50.3 Å². The average molecular weight is 442 g/mol. The Labute approximate surface area is 183 Å². The lowest BCUT2D eigenvalue weighted by molar-refractivity contribution is 0.0932. The molecular weight excluding hydrogens is 418 g/mol. The lowest BCUT2D eigenvalue weighted by atomic mass is 10.1. The molecule has 0 radical (unpaired) electrons. The summed E-state index contributed by atoms with van der Waals surface area (Å²) in [6.45, 7) is 3.11. The van der Waals surface area contributed by atoms with Crippen molar-refractivity contribution < 1.29 is 19.1 Å². The molecule has 9 nitrogen and oxygen atoms in total. The van der Waals surface area contributed by atoms with Crippen molar-refractivity contribution in [1.29, 1.82) is 0 Å². The highest BCUT2D eigenvalue weighted by Gasteiger charge is 2.17. The van der Waals surface area contributed by atoms with E-state index in [2.05, 4.69) is 26.1 Å². The topological polar surface area (TPSA) is 105 Å². The van der Waals surface area contributed by atoms with Crippen LogP contribution in [0.2, 0.25) is 0 Å². The Hall–Kier alpha value is -3.37. The number of nitrogens with one attached hydrogen (secondary N) is 3. The van der Waals surface area contributed by atoms with E-state index in [9.17, 15) is 9.59 Å². The number of anilines is 1. The third-order valence-corrected chi connectivity index (χ3v) is 5.76. The van der Waals surface area contributed by atoms with Gasteiger partial charge in [-0.2, -0.15) is 0 Å². The number of aromatic nitrogens is 1. The molecule has 0 atom stereocenters. The Balaban J connectivity index is 1.26. The standard InChI is InChI=1S/C21H23N5O4S/c1-29-17-5-4-15-10-14(2-3-16(15)11-17)12-22-20(28)25-24-19(27)18-13-31-21(23-18)26-6-8-30-9-7-26/h2-5,10-11,13H,6-9,12H2,1H3,(H,24,27)(H2,22,25,28). The Morgan fingerprint density at radius 2 is 1.90 bits per heavy atom. The minimum atomic E-state index is -0.508. The molecule has 2 heterocycles. The zero-order valence-electron chi connectivity index (χ0n) is 17.0. The van der Waals surface area contributed by atoms with Gasteiger partial charge in [0.25, 0.3) is 5.91 Å². The van der Waals surface area contributed by atoms with Gasteiger partial charge >= 0.3 is 6.03 Å². The molecule has 2 aromatic carbocycles. The van der Waals surface area contributed by atoms with Gasteiger partial charge in [-0.25, -0.2) is 15.2 Å². The zero-order valence-corrected chi connectivity index (χ0v) is 17.8. The lowest BCUT2D eigenvalue weighted by Crippen LogP contribution is -2.46. The van der Waals surface area contributed by atoms with Crippen LogP contribution in [-0.2, 0) is 11.3 Å². The number of fused-ring (bicyclic) bond motifs is 1. The van der Waals surface area contributed by atoms with Crippen LogP contribution in [0, 0.1) is 0 Å². The van der Waals surface area contributed by atoms with Gasteiger partial charge in [0.1, 0.15) is 11.4 Å². The first kappa shape index (κ1) is 20.9. The summed E-state index contributed by atoms with van der Waals surface area (Å²) in [5.41, 5.74) is 5.94. The number of nitrogens with zero attached hydrogens (tertiary/aromatic N) is 2. The molecule has 1 aliphatic heterocycles. The number of carbonyl (C=O) groups is 2. The van der Waals surface area contributed by atoms with E-state index in [0.29, 0.717) is 19.8 Å². The molecule has 31 heavy (non-hydrogen) atoms. The first-order chi connectivity index (χ1) is 15.1. The van der Waals surface area contributed by atoms with Gasteiger partial charge in [0, 0.05) is 25.0 Å². The van der Waals surface area contributed by atoms with Gasteiger partial charge in [-0.05, 0) is 34.5 Å². The van der Waals surface area contributed by atoms with Crippen molar-refractivity contribution in [1.82, 2.24) is 21.2 Å². The average Bonchev–Trinajstić information content (AvgIpc) is 3.32. The highest BCUT2D eigenvalue weighted by molar-refractivity contribution is 7.13. The van der Waals surface area contributed by atoms with Crippen LogP contribution < -0.4 is 25.8 Å². The monoisotopic (exact) mass is 441 g/mol. The molecule has 3 amide bonds. The number of morpholine rings is 1. The van der Waals surface area contributed by atoms with Gasteiger partial charge in [-0.15, -0.1) is 11.3 Å². The lowest BCUT2D eigenvalue weighted by Gasteiger charge is -2.25. The summed E-state index contributed by atoms with van der Waals surface area (Å²) < 4.78 is 10.6. The molecule has 0 aliphatic carbocycles. The molecule has 1 saturated heterocycles. The number of hydrogen-bond acceptors (Lipinski definition) is 7. The third kappa shape index (κ3) is 5.22. The van der Waals surface area contributed by atoms with E-state index in [1.54, 1.807) is 12.5 Å². The minimum absolute atomic E-state index is 0.261. The van der Waals surface area contributed by atoms with Crippen LogP contribution in [0.5, 0.6) is 5.75 Å². The maximum absolute atomic E-state index is 12.3. The Bertz CT molecular complexity index is 1080. The van der Waals surface area contributed by atoms with Crippen molar-refractivity contribution in [2.45, 2.75) is 6.54 Å². The van der Waals surface area contributed by atoms with E-state index in [1.807, 2.05) is 36.4 Å². The fraction of sp³-hybridized carbons (Fsp3) is 0.286. The molecule has 3 N–H and O–H groups in total. The van der Waals surface area contributed by atoms with Gasteiger partial charge in [-0.3, -0.25) is 10.2 Å². The van der Waals surface area contributed by atoms with Gasteiger partial charge in [0.15, 0.2) is 5.13 Å². The first-order valence-electron chi connectivity index (χ1n) is 9.81. The second-order valence-corrected chi connectivity index (χ2v) is 7.76. The largest absolute Gasteiger partial charge is 0.497 e. The Morgan fingerprint density at radius 3 is 2.71 bits per heavy atom. The van der Waals surface area contributed by atoms with Gasteiger partial charge in [0.2, 0.25) is 0 Å². The number of methoxy groups -OCH3 is 1. The van der Waals surface area contributed by atoms with E-state index < -0.39 is 11.9 Å². The van der Waals surface area contributed by atoms with E-state index in [1.165, 1.54) is 11.3 Å². The predicted octanol–water partition coefficient (Wildman–Crippen LogP) is 2.29. The van der Waals surface area contributed by atoms with Crippen LogP contribution in [0.1, 0.15) is 16.1 Å². The number of hydrazine groups is 1. The van der Waals surface area contributed by atoms with Crippen molar-refractivity contribution >= 4 is 39.2 Å². The van der Waals surface area contributed by atoms with Crippen molar-refractivity contribution in [3.8, 4) is 5.75 Å². The van der Waals surface area contributed by atoms with Crippen LogP contribution in [0.3, 0.4) is 0 Å². The van der Waals surface area contributed by atoms with Gasteiger partial charge in [0.05, 0.1) is 20.3 Å². The molecule has 162 valence electrons. The number of carbonyl (C=O) groups excluding carboxylic acids is 2. The highest BCUT2D eigenvalue weighted by atomic mass is 32.1. The van der Waals surface area contributed by atoms with E-state index >= 15 is 0 Å². The Morgan fingerprint density at radius 1 is 1.13 bits per heavy atom. The van der Waals surface area contributed by atoms with Gasteiger partial charge in [-0.1, -0.05) is 18.2 Å². The maximum atomic E-state index is 12.3. The summed E-state index contributed by atoms with van der Waals surface area (Å²) in [5, 5.41) is 7.27. The second-order valence-electron chi connectivity index (χ2n) is 6.92. The molecule has 1 aliphatic rings. The van der Waals surface area contributed by atoms with Gasteiger partial charge < -0.3 is 19.7 Å². The van der Waals surface area contributed by atoms with Crippen molar-refractivity contribution in [2.75, 3.05) is 38.3 Å². The molecule has 0 spiro atoms. The molecule has 0 unspecified atom stereocenters. The van der Waals surface area contributed by atoms with Crippen LogP contribution >= 0.6 is 11.3 Å². The summed E-state index contributed by atoms with van der Waals surface area (Å²) in [4.78, 5) is 30.7.